The SMILES string of the molecule is CCc1ccc2c(c1)CCC(c1ccc(C3CCC(CC)CC3)cc1F)C2. The van der Waals surface area contributed by atoms with Crippen molar-refractivity contribution >= 4 is 0 Å². The van der Waals surface area contributed by atoms with E-state index in [1.165, 1.54) is 54.4 Å². The summed E-state index contributed by atoms with van der Waals surface area (Å²) < 4.78 is 15.0. The summed E-state index contributed by atoms with van der Waals surface area (Å²) in [6, 6.07) is 13.1. The highest BCUT2D eigenvalue weighted by Crippen LogP contribution is 2.39. The smallest absolute Gasteiger partial charge is 0.126 e. The summed E-state index contributed by atoms with van der Waals surface area (Å²) in [5.41, 5.74) is 6.49. The molecule has 0 spiro atoms. The predicted molar refractivity (Wildman–Crippen MR) is 112 cm³/mol. The molecular weight excluding hydrogens is 331 g/mol. The third kappa shape index (κ3) is 3.98. The van der Waals surface area contributed by atoms with Gasteiger partial charge in [0.2, 0.25) is 0 Å². The van der Waals surface area contributed by atoms with Gasteiger partial charge in [0, 0.05) is 0 Å². The lowest BCUT2D eigenvalue weighted by molar-refractivity contribution is 0.318. The van der Waals surface area contributed by atoms with E-state index in [2.05, 4.69) is 44.2 Å². The molecule has 27 heavy (non-hydrogen) atoms. The number of benzene rings is 2. The first-order valence-corrected chi connectivity index (χ1v) is 11.1. The van der Waals surface area contributed by atoms with Gasteiger partial charge in [0.05, 0.1) is 0 Å². The molecule has 0 saturated heterocycles. The molecule has 1 atom stereocenters. The molecule has 0 aromatic heterocycles. The second-order valence-electron chi connectivity index (χ2n) is 8.80. The zero-order valence-electron chi connectivity index (χ0n) is 16.9. The fourth-order valence-corrected chi connectivity index (χ4v) is 5.33. The molecule has 1 unspecified atom stereocenters. The first-order valence-electron chi connectivity index (χ1n) is 11.1. The number of hydrogen-bond donors (Lipinski definition) is 0. The molecule has 0 nitrogen and oxygen atoms in total. The van der Waals surface area contributed by atoms with Crippen LogP contribution in [-0.2, 0) is 19.3 Å². The minimum Gasteiger partial charge on any atom is -0.207 e. The average molecular weight is 365 g/mol. The van der Waals surface area contributed by atoms with Crippen LogP contribution in [0.3, 0.4) is 0 Å². The van der Waals surface area contributed by atoms with Crippen LogP contribution in [0.25, 0.3) is 0 Å². The maximum Gasteiger partial charge on any atom is 0.126 e. The summed E-state index contributed by atoms with van der Waals surface area (Å²) in [6.07, 6.45) is 10.6. The third-order valence-corrected chi connectivity index (χ3v) is 7.27. The van der Waals surface area contributed by atoms with E-state index in [1.807, 2.05) is 6.07 Å². The van der Waals surface area contributed by atoms with E-state index >= 15 is 4.39 Å². The molecule has 0 bridgehead atoms. The van der Waals surface area contributed by atoms with E-state index < -0.39 is 0 Å². The Morgan fingerprint density at radius 2 is 1.67 bits per heavy atom. The van der Waals surface area contributed by atoms with Crippen molar-refractivity contribution in [2.24, 2.45) is 5.92 Å². The monoisotopic (exact) mass is 364 g/mol. The zero-order chi connectivity index (χ0) is 18.8. The van der Waals surface area contributed by atoms with Gasteiger partial charge in [-0.1, -0.05) is 50.6 Å². The lowest BCUT2D eigenvalue weighted by Crippen LogP contribution is -2.15. The third-order valence-electron chi connectivity index (χ3n) is 7.27. The second kappa shape index (κ2) is 8.17. The van der Waals surface area contributed by atoms with Crippen molar-refractivity contribution in [3.63, 3.8) is 0 Å². The molecule has 0 heterocycles. The van der Waals surface area contributed by atoms with Gasteiger partial charge in [0.1, 0.15) is 5.82 Å². The molecule has 0 amide bonds. The molecule has 144 valence electrons. The zero-order valence-corrected chi connectivity index (χ0v) is 16.9. The molecule has 1 fully saturated rings. The fourth-order valence-electron chi connectivity index (χ4n) is 5.33. The van der Waals surface area contributed by atoms with Gasteiger partial charge >= 0.3 is 0 Å². The van der Waals surface area contributed by atoms with Gasteiger partial charge in [0.15, 0.2) is 0 Å². The van der Waals surface area contributed by atoms with Crippen molar-refractivity contribution in [3.8, 4) is 0 Å². The quantitative estimate of drug-likeness (QED) is 0.532. The fraction of sp³-hybridized carbons (Fsp3) is 0.538. The molecule has 0 N–H and O–H groups in total. The van der Waals surface area contributed by atoms with Crippen LogP contribution in [-0.4, -0.2) is 0 Å². The van der Waals surface area contributed by atoms with Crippen LogP contribution in [0.5, 0.6) is 0 Å². The maximum atomic E-state index is 15.0. The Labute approximate surface area is 164 Å². The molecule has 2 aromatic rings. The Balaban J connectivity index is 1.48. The lowest BCUT2D eigenvalue weighted by atomic mass is 9.76. The van der Waals surface area contributed by atoms with Crippen molar-refractivity contribution < 1.29 is 4.39 Å². The Morgan fingerprint density at radius 1 is 0.852 bits per heavy atom. The van der Waals surface area contributed by atoms with Crippen molar-refractivity contribution in [1.29, 1.82) is 0 Å². The molecule has 2 aromatic carbocycles. The Morgan fingerprint density at radius 3 is 2.37 bits per heavy atom. The highest BCUT2D eigenvalue weighted by atomic mass is 19.1. The molecule has 1 heteroatoms. The van der Waals surface area contributed by atoms with Crippen LogP contribution in [0.4, 0.5) is 4.39 Å². The summed E-state index contributed by atoms with van der Waals surface area (Å²) in [5.74, 6) is 1.82. The van der Waals surface area contributed by atoms with Gasteiger partial charge in [0.25, 0.3) is 0 Å². The Kier molecular flexibility index (Phi) is 5.66. The van der Waals surface area contributed by atoms with Gasteiger partial charge in [-0.3, -0.25) is 0 Å². The van der Waals surface area contributed by atoms with Crippen LogP contribution in [0, 0.1) is 11.7 Å². The van der Waals surface area contributed by atoms with E-state index in [1.54, 1.807) is 0 Å². The first-order chi connectivity index (χ1) is 13.2. The van der Waals surface area contributed by atoms with E-state index in [9.17, 15) is 0 Å². The Hall–Kier alpha value is -1.63. The van der Waals surface area contributed by atoms with Gasteiger partial charge in [-0.15, -0.1) is 0 Å². The maximum absolute atomic E-state index is 15.0. The molecule has 0 aliphatic heterocycles. The minimum atomic E-state index is 0.0312. The Bertz CT molecular complexity index is 783. The van der Waals surface area contributed by atoms with Crippen LogP contribution in [0.15, 0.2) is 36.4 Å². The molecule has 4 rings (SSSR count). The molecule has 1 saturated carbocycles. The summed E-state index contributed by atoms with van der Waals surface area (Å²) in [7, 11) is 0. The highest BCUT2D eigenvalue weighted by Gasteiger charge is 2.25. The number of fused-ring (bicyclic) bond motifs is 1. The number of halogens is 1. The van der Waals surface area contributed by atoms with Crippen LogP contribution < -0.4 is 0 Å². The standard InChI is InChI=1S/C26H33F/c1-3-18-5-8-20(9-6-18)23-13-14-25(26(27)17-23)24-12-11-21-15-19(4-2)7-10-22(21)16-24/h7,10,13-15,17-18,20,24H,3-6,8-9,11-12,16H2,1-2H3. The van der Waals surface area contributed by atoms with Crippen LogP contribution in [0.1, 0.15) is 92.0 Å². The number of aryl methyl sites for hydroxylation is 2. The normalized spacial score (nSPS) is 25.2. The molecule has 0 radical (unpaired) electrons. The van der Waals surface area contributed by atoms with Crippen LogP contribution in [0.2, 0.25) is 0 Å². The lowest BCUT2D eigenvalue weighted by Gasteiger charge is -2.29. The van der Waals surface area contributed by atoms with Crippen molar-refractivity contribution in [3.05, 3.63) is 70.0 Å². The van der Waals surface area contributed by atoms with Gasteiger partial charge in [-0.05, 0) is 103 Å². The first kappa shape index (κ1) is 18.7. The van der Waals surface area contributed by atoms with Crippen molar-refractivity contribution in [2.45, 2.75) is 83.5 Å². The molecule has 2 aliphatic rings. The van der Waals surface area contributed by atoms with Gasteiger partial charge in [-0.25, -0.2) is 4.39 Å². The summed E-state index contributed by atoms with van der Waals surface area (Å²) in [6.45, 7) is 4.50. The summed E-state index contributed by atoms with van der Waals surface area (Å²) >= 11 is 0. The second-order valence-corrected chi connectivity index (χ2v) is 8.80. The molecule has 2 aliphatic carbocycles. The number of rotatable bonds is 4. The van der Waals surface area contributed by atoms with Crippen LogP contribution >= 0.6 is 0 Å². The van der Waals surface area contributed by atoms with E-state index in [-0.39, 0.29) is 5.82 Å². The van der Waals surface area contributed by atoms with Crippen molar-refractivity contribution in [2.75, 3.05) is 0 Å². The largest absolute Gasteiger partial charge is 0.207 e. The van der Waals surface area contributed by atoms with E-state index in [4.69, 9.17) is 0 Å². The number of hydrogen-bond acceptors (Lipinski definition) is 0. The topological polar surface area (TPSA) is 0 Å². The minimum absolute atomic E-state index is 0.0312. The van der Waals surface area contributed by atoms with Crippen molar-refractivity contribution in [1.82, 2.24) is 0 Å². The van der Waals surface area contributed by atoms with Gasteiger partial charge < -0.3 is 0 Å². The summed E-state index contributed by atoms with van der Waals surface area (Å²) in [4.78, 5) is 0. The van der Waals surface area contributed by atoms with Gasteiger partial charge in [-0.2, -0.15) is 0 Å². The predicted octanol–water partition coefficient (Wildman–Crippen LogP) is 7.34. The highest BCUT2D eigenvalue weighted by molar-refractivity contribution is 5.38. The van der Waals surface area contributed by atoms with E-state index in [0.29, 0.717) is 11.8 Å². The average Bonchev–Trinajstić information content (AvgIpc) is 2.73. The van der Waals surface area contributed by atoms with E-state index in [0.717, 1.165) is 37.2 Å². The molecular formula is C26H33F. The summed E-state index contributed by atoms with van der Waals surface area (Å²) in [5, 5.41) is 0.